The van der Waals surface area contributed by atoms with Crippen molar-refractivity contribution < 1.29 is 0 Å². The van der Waals surface area contributed by atoms with Crippen LogP contribution in [0, 0.1) is 11.3 Å². The molecule has 3 heteroatoms. The molecule has 0 spiro atoms. The molecule has 2 atom stereocenters. The molecule has 0 saturated carbocycles. The Morgan fingerprint density at radius 3 is 2.62 bits per heavy atom. The van der Waals surface area contributed by atoms with Gasteiger partial charge >= 0.3 is 0 Å². The van der Waals surface area contributed by atoms with Crippen molar-refractivity contribution >= 4 is 27.7 Å². The highest BCUT2D eigenvalue weighted by atomic mass is 79.9. The van der Waals surface area contributed by atoms with Crippen molar-refractivity contribution in [1.82, 2.24) is 4.90 Å². The minimum Gasteiger partial charge on any atom is -0.301 e. The zero-order chi connectivity index (χ0) is 12.2. The molecule has 0 bridgehead atoms. The predicted molar refractivity (Wildman–Crippen MR) is 79.7 cm³/mol. The third kappa shape index (κ3) is 4.58. The number of rotatable bonds is 4. The van der Waals surface area contributed by atoms with Gasteiger partial charge in [-0.05, 0) is 17.8 Å². The molecule has 1 nitrogen and oxygen atoms in total. The zero-order valence-electron chi connectivity index (χ0n) is 11.1. The van der Waals surface area contributed by atoms with Gasteiger partial charge in [0, 0.05) is 36.0 Å². The van der Waals surface area contributed by atoms with Crippen molar-refractivity contribution in [3.8, 4) is 0 Å². The van der Waals surface area contributed by atoms with Gasteiger partial charge < -0.3 is 4.90 Å². The van der Waals surface area contributed by atoms with E-state index in [2.05, 4.69) is 60.3 Å². The average Bonchev–Trinajstić information content (AvgIpc) is 2.24. The van der Waals surface area contributed by atoms with Gasteiger partial charge in [-0.2, -0.15) is 11.8 Å². The largest absolute Gasteiger partial charge is 0.301 e. The molecule has 96 valence electrons. The maximum atomic E-state index is 3.68. The first-order chi connectivity index (χ1) is 7.47. The number of nitrogens with zero attached hydrogens (tertiary/aromatic N) is 1. The number of alkyl halides is 1. The number of hydrogen-bond acceptors (Lipinski definition) is 2. The lowest BCUT2D eigenvalue weighted by molar-refractivity contribution is 0.168. The standard InChI is InChI=1S/C13H26BrNS/c1-5-12-10-15(6-7-16-12)9-11(8-14)13(2,3)4/h11-12H,5-10H2,1-4H3. The van der Waals surface area contributed by atoms with Gasteiger partial charge in [0.1, 0.15) is 0 Å². The van der Waals surface area contributed by atoms with Crippen LogP contribution >= 0.6 is 27.7 Å². The molecule has 0 aliphatic carbocycles. The van der Waals surface area contributed by atoms with E-state index in [4.69, 9.17) is 0 Å². The summed E-state index contributed by atoms with van der Waals surface area (Å²) in [5.41, 5.74) is 0.413. The fourth-order valence-electron chi connectivity index (χ4n) is 2.06. The van der Waals surface area contributed by atoms with E-state index in [0.29, 0.717) is 5.41 Å². The van der Waals surface area contributed by atoms with Crippen LogP contribution in [0.1, 0.15) is 34.1 Å². The SMILES string of the molecule is CCC1CN(CC(CBr)C(C)(C)C)CCS1. The summed E-state index contributed by atoms with van der Waals surface area (Å²) in [6.07, 6.45) is 1.32. The summed E-state index contributed by atoms with van der Waals surface area (Å²) < 4.78 is 0. The van der Waals surface area contributed by atoms with Gasteiger partial charge in [0.25, 0.3) is 0 Å². The highest BCUT2D eigenvalue weighted by Gasteiger charge is 2.27. The molecule has 0 amide bonds. The van der Waals surface area contributed by atoms with Crippen LogP contribution < -0.4 is 0 Å². The van der Waals surface area contributed by atoms with E-state index in [9.17, 15) is 0 Å². The van der Waals surface area contributed by atoms with Crippen LogP contribution in [0.2, 0.25) is 0 Å². The predicted octanol–water partition coefficient (Wildman–Crippen LogP) is 3.87. The van der Waals surface area contributed by atoms with E-state index in [1.807, 2.05) is 0 Å². The second-order valence-electron chi connectivity index (χ2n) is 5.88. The number of halogens is 1. The Balaban J connectivity index is 2.45. The molecule has 0 aromatic heterocycles. The summed E-state index contributed by atoms with van der Waals surface area (Å²) in [6.45, 7) is 13.2. The highest BCUT2D eigenvalue weighted by molar-refractivity contribution is 9.09. The smallest absolute Gasteiger partial charge is 0.0172 e. The van der Waals surface area contributed by atoms with Crippen molar-refractivity contribution in [3.05, 3.63) is 0 Å². The van der Waals surface area contributed by atoms with Gasteiger partial charge in [0.2, 0.25) is 0 Å². The third-order valence-electron chi connectivity index (χ3n) is 3.57. The molecule has 0 aromatic rings. The second kappa shape index (κ2) is 6.65. The van der Waals surface area contributed by atoms with Gasteiger partial charge in [-0.3, -0.25) is 0 Å². The van der Waals surface area contributed by atoms with Crippen LogP contribution in [0.3, 0.4) is 0 Å². The van der Waals surface area contributed by atoms with Crippen LogP contribution in [0.4, 0.5) is 0 Å². The van der Waals surface area contributed by atoms with Crippen LogP contribution in [0.15, 0.2) is 0 Å². The van der Waals surface area contributed by atoms with Crippen LogP contribution in [-0.2, 0) is 0 Å². The maximum Gasteiger partial charge on any atom is 0.0172 e. The Morgan fingerprint density at radius 1 is 1.44 bits per heavy atom. The summed E-state index contributed by atoms with van der Waals surface area (Å²) in [5.74, 6) is 2.07. The maximum absolute atomic E-state index is 3.68. The molecule has 1 rings (SSSR count). The average molecular weight is 308 g/mol. The molecule has 1 fully saturated rings. The minimum atomic E-state index is 0.413. The Kier molecular flexibility index (Phi) is 6.17. The fraction of sp³-hybridized carbons (Fsp3) is 1.00. The first kappa shape index (κ1) is 14.8. The quantitative estimate of drug-likeness (QED) is 0.725. The van der Waals surface area contributed by atoms with Gasteiger partial charge in [0.05, 0.1) is 0 Å². The molecule has 1 saturated heterocycles. The van der Waals surface area contributed by atoms with Crippen molar-refractivity contribution in [2.45, 2.75) is 39.4 Å². The summed E-state index contributed by atoms with van der Waals surface area (Å²) in [4.78, 5) is 2.67. The zero-order valence-corrected chi connectivity index (χ0v) is 13.5. The summed E-state index contributed by atoms with van der Waals surface area (Å²) >= 11 is 5.83. The third-order valence-corrected chi connectivity index (χ3v) is 5.72. The Labute approximate surface area is 114 Å². The summed E-state index contributed by atoms with van der Waals surface area (Å²) in [5, 5.41) is 1.99. The second-order valence-corrected chi connectivity index (χ2v) is 7.93. The van der Waals surface area contributed by atoms with E-state index in [1.165, 1.54) is 31.8 Å². The van der Waals surface area contributed by atoms with Crippen molar-refractivity contribution in [2.24, 2.45) is 11.3 Å². The Morgan fingerprint density at radius 2 is 2.12 bits per heavy atom. The Bertz CT molecular complexity index is 203. The van der Waals surface area contributed by atoms with Crippen molar-refractivity contribution in [2.75, 3.05) is 30.7 Å². The number of hydrogen-bond donors (Lipinski definition) is 0. The van der Waals surface area contributed by atoms with E-state index in [1.54, 1.807) is 0 Å². The molecule has 1 heterocycles. The molecule has 0 N–H and O–H groups in total. The van der Waals surface area contributed by atoms with E-state index in [0.717, 1.165) is 16.5 Å². The van der Waals surface area contributed by atoms with Crippen LogP contribution in [-0.4, -0.2) is 40.9 Å². The normalized spacial score (nSPS) is 25.7. The first-order valence-corrected chi connectivity index (χ1v) is 8.54. The van der Waals surface area contributed by atoms with Gasteiger partial charge in [-0.25, -0.2) is 0 Å². The molecule has 2 unspecified atom stereocenters. The van der Waals surface area contributed by atoms with Crippen molar-refractivity contribution in [3.63, 3.8) is 0 Å². The number of thioether (sulfide) groups is 1. The van der Waals surface area contributed by atoms with Crippen molar-refractivity contribution in [1.29, 1.82) is 0 Å². The lowest BCUT2D eigenvalue weighted by Gasteiger charge is -2.38. The monoisotopic (exact) mass is 307 g/mol. The van der Waals surface area contributed by atoms with Crippen LogP contribution in [0.5, 0.6) is 0 Å². The topological polar surface area (TPSA) is 3.24 Å². The highest BCUT2D eigenvalue weighted by Crippen LogP contribution is 2.30. The molecule has 1 aliphatic rings. The molecular weight excluding hydrogens is 282 g/mol. The fourth-order valence-corrected chi connectivity index (χ4v) is 4.48. The first-order valence-electron chi connectivity index (χ1n) is 6.37. The van der Waals surface area contributed by atoms with Crippen LogP contribution in [0.25, 0.3) is 0 Å². The van der Waals surface area contributed by atoms with E-state index < -0.39 is 0 Å². The summed E-state index contributed by atoms with van der Waals surface area (Å²) in [7, 11) is 0. The molecule has 16 heavy (non-hydrogen) atoms. The van der Waals surface area contributed by atoms with Gasteiger partial charge in [0.15, 0.2) is 0 Å². The molecule has 0 aromatic carbocycles. The lowest BCUT2D eigenvalue weighted by atomic mass is 9.81. The van der Waals surface area contributed by atoms with Gasteiger partial charge in [-0.15, -0.1) is 0 Å². The Hall–Kier alpha value is 0.790. The van der Waals surface area contributed by atoms with Gasteiger partial charge in [-0.1, -0.05) is 43.6 Å². The minimum absolute atomic E-state index is 0.413. The van der Waals surface area contributed by atoms with E-state index >= 15 is 0 Å². The summed E-state index contributed by atoms with van der Waals surface area (Å²) in [6, 6.07) is 0. The molecule has 0 radical (unpaired) electrons. The molecule has 1 aliphatic heterocycles. The van der Waals surface area contributed by atoms with E-state index in [-0.39, 0.29) is 0 Å². The molecular formula is C13H26BrNS. The lowest BCUT2D eigenvalue weighted by Crippen LogP contribution is -2.43.